The molecule has 1 heterocycles. The first-order valence-corrected chi connectivity index (χ1v) is 9.07. The highest BCUT2D eigenvalue weighted by Crippen LogP contribution is 2.13. The molecule has 0 aliphatic carbocycles. The van der Waals surface area contributed by atoms with Crippen LogP contribution in [0.4, 0.5) is 20.5 Å². The lowest BCUT2D eigenvalue weighted by atomic mass is 10.3. The monoisotopic (exact) mass is 371 g/mol. The summed E-state index contributed by atoms with van der Waals surface area (Å²) in [6.07, 6.45) is 0. The van der Waals surface area contributed by atoms with Crippen molar-refractivity contribution in [3.05, 3.63) is 41.6 Å². The third-order valence-corrected chi connectivity index (χ3v) is 4.50. The molecule has 0 saturated heterocycles. The molecule has 0 amide bonds. The summed E-state index contributed by atoms with van der Waals surface area (Å²) in [7, 11) is -4.01. The molecule has 2 aromatic rings. The zero-order valence-electron chi connectivity index (χ0n) is 13.8. The number of nitrogens with zero attached hydrogens (tertiary/aromatic N) is 2. The molecule has 7 nitrogen and oxygen atoms in total. The number of sulfonamides is 1. The lowest BCUT2D eigenvalue weighted by molar-refractivity contribution is 0.562. The van der Waals surface area contributed by atoms with Crippen molar-refractivity contribution in [3.8, 4) is 0 Å². The van der Waals surface area contributed by atoms with E-state index >= 15 is 0 Å². The van der Waals surface area contributed by atoms with Crippen molar-refractivity contribution in [2.45, 2.75) is 18.7 Å². The minimum Gasteiger partial charge on any atom is -0.370 e. The summed E-state index contributed by atoms with van der Waals surface area (Å²) < 4.78 is 52.6. The fraction of sp³-hybridized carbons (Fsp3) is 0.333. The van der Waals surface area contributed by atoms with E-state index in [0.717, 1.165) is 17.8 Å². The molecule has 25 heavy (non-hydrogen) atoms. The second kappa shape index (κ2) is 8.17. The molecule has 1 aromatic carbocycles. The fourth-order valence-electron chi connectivity index (χ4n) is 2.05. The summed E-state index contributed by atoms with van der Waals surface area (Å²) in [5.74, 6) is -0.898. The van der Waals surface area contributed by atoms with Gasteiger partial charge in [0.1, 0.15) is 17.5 Å². The van der Waals surface area contributed by atoms with Crippen LogP contribution in [0.2, 0.25) is 0 Å². The molecule has 0 radical (unpaired) electrons. The molecular formula is C15H19F2N5O2S. The fourth-order valence-corrected chi connectivity index (χ4v) is 3.12. The summed E-state index contributed by atoms with van der Waals surface area (Å²) >= 11 is 0. The van der Waals surface area contributed by atoms with Crippen molar-refractivity contribution < 1.29 is 17.2 Å². The van der Waals surface area contributed by atoms with Gasteiger partial charge in [0.15, 0.2) is 0 Å². The van der Waals surface area contributed by atoms with Gasteiger partial charge >= 0.3 is 0 Å². The number of nitrogens with one attached hydrogen (secondary N) is 3. The van der Waals surface area contributed by atoms with Gasteiger partial charge in [-0.05, 0) is 26.0 Å². The van der Waals surface area contributed by atoms with Crippen LogP contribution in [0.3, 0.4) is 0 Å². The molecule has 0 aliphatic heterocycles. The molecule has 0 aliphatic rings. The van der Waals surface area contributed by atoms with Gasteiger partial charge in [0.2, 0.25) is 16.0 Å². The predicted molar refractivity (Wildman–Crippen MR) is 91.0 cm³/mol. The maximum atomic E-state index is 13.1. The van der Waals surface area contributed by atoms with Crippen molar-refractivity contribution in [1.29, 1.82) is 0 Å². The van der Waals surface area contributed by atoms with Crippen LogP contribution in [0.15, 0.2) is 29.2 Å². The van der Waals surface area contributed by atoms with Gasteiger partial charge in [0.25, 0.3) is 0 Å². The van der Waals surface area contributed by atoms with Gasteiger partial charge in [0.05, 0.1) is 4.90 Å². The van der Waals surface area contributed by atoms with Crippen LogP contribution in [-0.2, 0) is 10.0 Å². The van der Waals surface area contributed by atoms with E-state index in [4.69, 9.17) is 0 Å². The number of halogens is 2. The van der Waals surface area contributed by atoms with Gasteiger partial charge in [-0.25, -0.2) is 26.9 Å². The first kappa shape index (κ1) is 19.0. The molecule has 0 spiro atoms. The van der Waals surface area contributed by atoms with Crippen LogP contribution in [0.1, 0.15) is 12.6 Å². The zero-order valence-corrected chi connectivity index (χ0v) is 14.6. The highest BCUT2D eigenvalue weighted by atomic mass is 32.2. The highest BCUT2D eigenvalue weighted by Gasteiger charge is 2.15. The molecule has 2 rings (SSSR count). The van der Waals surface area contributed by atoms with E-state index in [1.165, 1.54) is 0 Å². The smallest absolute Gasteiger partial charge is 0.240 e. The van der Waals surface area contributed by atoms with Gasteiger partial charge in [-0.3, -0.25) is 0 Å². The van der Waals surface area contributed by atoms with E-state index in [0.29, 0.717) is 24.4 Å². The standard InChI is InChI=1S/C15H19F2N5O2S/c1-3-18-14-6-10(2)21-15(22-14)19-4-5-20-25(23,24)13-8-11(16)7-12(17)9-13/h6-9,20H,3-5H2,1-2H3,(H2,18,19,21,22). The average molecular weight is 371 g/mol. The summed E-state index contributed by atoms with van der Waals surface area (Å²) in [5, 5.41) is 5.96. The SMILES string of the molecule is CCNc1cc(C)nc(NCCNS(=O)(=O)c2cc(F)cc(F)c2)n1. The molecular weight excluding hydrogens is 352 g/mol. The quantitative estimate of drug-likeness (QED) is 0.613. The lowest BCUT2D eigenvalue weighted by Crippen LogP contribution is -2.29. The zero-order chi connectivity index (χ0) is 18.4. The number of rotatable bonds is 8. The van der Waals surface area contributed by atoms with Gasteiger partial charge < -0.3 is 10.6 Å². The van der Waals surface area contributed by atoms with Gasteiger partial charge in [0, 0.05) is 37.5 Å². The minimum atomic E-state index is -4.01. The lowest BCUT2D eigenvalue weighted by Gasteiger charge is -2.10. The maximum Gasteiger partial charge on any atom is 0.240 e. The Kier molecular flexibility index (Phi) is 6.21. The number of aromatic nitrogens is 2. The molecule has 10 heteroatoms. The summed E-state index contributed by atoms with van der Waals surface area (Å²) in [6, 6.07) is 3.91. The summed E-state index contributed by atoms with van der Waals surface area (Å²) in [6.45, 7) is 4.66. The van der Waals surface area contributed by atoms with Gasteiger partial charge in [-0.2, -0.15) is 4.98 Å². The molecule has 0 saturated carbocycles. The Morgan fingerprint density at radius 3 is 2.32 bits per heavy atom. The Bertz CT molecular complexity index is 826. The van der Waals surface area contributed by atoms with E-state index in [2.05, 4.69) is 25.3 Å². The Morgan fingerprint density at radius 2 is 1.68 bits per heavy atom. The summed E-state index contributed by atoms with van der Waals surface area (Å²) in [4.78, 5) is 7.96. The Morgan fingerprint density at radius 1 is 1.00 bits per heavy atom. The van der Waals surface area contributed by atoms with Crippen LogP contribution >= 0.6 is 0 Å². The molecule has 0 unspecified atom stereocenters. The van der Waals surface area contributed by atoms with E-state index in [9.17, 15) is 17.2 Å². The molecule has 0 fully saturated rings. The highest BCUT2D eigenvalue weighted by molar-refractivity contribution is 7.89. The van der Waals surface area contributed by atoms with Crippen LogP contribution in [0, 0.1) is 18.6 Å². The third-order valence-electron chi connectivity index (χ3n) is 3.06. The normalized spacial score (nSPS) is 11.4. The minimum absolute atomic E-state index is 0.00565. The van der Waals surface area contributed by atoms with E-state index < -0.39 is 26.6 Å². The van der Waals surface area contributed by atoms with Crippen LogP contribution in [-0.4, -0.2) is 38.0 Å². The topological polar surface area (TPSA) is 96.0 Å². The Hall–Kier alpha value is -2.33. The van der Waals surface area contributed by atoms with Crippen molar-refractivity contribution in [1.82, 2.24) is 14.7 Å². The predicted octanol–water partition coefficient (Wildman–Crippen LogP) is 1.89. The Labute approximate surface area is 144 Å². The van der Waals surface area contributed by atoms with Crippen LogP contribution < -0.4 is 15.4 Å². The van der Waals surface area contributed by atoms with Crippen molar-refractivity contribution in [2.24, 2.45) is 0 Å². The Balaban J connectivity index is 1.94. The average Bonchev–Trinajstić information content (AvgIpc) is 2.50. The molecule has 1 aromatic heterocycles. The van der Waals surface area contributed by atoms with E-state index in [-0.39, 0.29) is 13.1 Å². The van der Waals surface area contributed by atoms with Crippen LogP contribution in [0.25, 0.3) is 0 Å². The number of benzene rings is 1. The van der Waals surface area contributed by atoms with E-state index in [1.807, 2.05) is 13.8 Å². The van der Waals surface area contributed by atoms with Gasteiger partial charge in [-0.1, -0.05) is 0 Å². The maximum absolute atomic E-state index is 13.1. The first-order chi connectivity index (χ1) is 11.8. The first-order valence-electron chi connectivity index (χ1n) is 7.59. The molecule has 136 valence electrons. The molecule has 0 atom stereocenters. The molecule has 3 N–H and O–H groups in total. The van der Waals surface area contributed by atoms with E-state index in [1.54, 1.807) is 6.07 Å². The second-order valence-corrected chi connectivity index (χ2v) is 6.95. The number of anilines is 2. The summed E-state index contributed by atoms with van der Waals surface area (Å²) in [5.41, 5.74) is 0.754. The second-order valence-electron chi connectivity index (χ2n) is 5.18. The number of aryl methyl sites for hydroxylation is 1. The number of hydrogen-bond donors (Lipinski definition) is 3. The van der Waals surface area contributed by atoms with Crippen LogP contribution in [0.5, 0.6) is 0 Å². The third kappa shape index (κ3) is 5.61. The van der Waals surface area contributed by atoms with Crippen molar-refractivity contribution in [2.75, 3.05) is 30.3 Å². The largest absolute Gasteiger partial charge is 0.370 e. The van der Waals surface area contributed by atoms with Crippen molar-refractivity contribution in [3.63, 3.8) is 0 Å². The molecule has 0 bridgehead atoms. The van der Waals surface area contributed by atoms with Crippen molar-refractivity contribution >= 4 is 21.8 Å². The van der Waals surface area contributed by atoms with Gasteiger partial charge in [-0.15, -0.1) is 0 Å². The number of hydrogen-bond acceptors (Lipinski definition) is 6.